The number of carbonyl (C=O) groups is 2. The van der Waals surface area contributed by atoms with E-state index in [1.54, 1.807) is 6.92 Å². The summed E-state index contributed by atoms with van der Waals surface area (Å²) in [4.78, 5) is 31.9. The van der Waals surface area contributed by atoms with Crippen LogP contribution in [0.4, 0.5) is 11.5 Å². The number of esters is 1. The topological polar surface area (TPSA) is 107 Å². The molecule has 1 aromatic heterocycles. The van der Waals surface area contributed by atoms with Crippen molar-refractivity contribution in [3.63, 3.8) is 0 Å². The number of hydrogen-bond donors (Lipinski definition) is 2. The van der Waals surface area contributed by atoms with Gasteiger partial charge >= 0.3 is 5.97 Å². The summed E-state index contributed by atoms with van der Waals surface area (Å²) >= 11 is 4.60. The summed E-state index contributed by atoms with van der Waals surface area (Å²) in [5, 5.41) is 3.18. The Balaban J connectivity index is 1.98. The summed E-state index contributed by atoms with van der Waals surface area (Å²) in [5.41, 5.74) is 8.70. The van der Waals surface area contributed by atoms with Crippen LogP contribution < -0.4 is 11.1 Å². The van der Waals surface area contributed by atoms with Gasteiger partial charge < -0.3 is 15.8 Å². The lowest BCUT2D eigenvalue weighted by molar-refractivity contribution is -0.113. The molecule has 0 aliphatic carbocycles. The molecule has 0 unspecified atom stereocenters. The molecular formula is C17H19BrN4O3S. The third kappa shape index (κ3) is 4.95. The summed E-state index contributed by atoms with van der Waals surface area (Å²) < 4.78 is 5.86. The van der Waals surface area contributed by atoms with E-state index >= 15 is 0 Å². The predicted molar refractivity (Wildman–Crippen MR) is 105 cm³/mol. The molecule has 9 heteroatoms. The van der Waals surface area contributed by atoms with Crippen LogP contribution in [-0.2, 0) is 9.53 Å². The normalized spacial score (nSPS) is 10.5. The molecule has 1 aromatic carbocycles. The van der Waals surface area contributed by atoms with E-state index in [9.17, 15) is 9.59 Å². The Morgan fingerprint density at radius 2 is 2.04 bits per heavy atom. The number of halogens is 1. The number of nitrogens with one attached hydrogen (secondary N) is 1. The number of amides is 1. The lowest BCUT2D eigenvalue weighted by Gasteiger charge is -2.11. The van der Waals surface area contributed by atoms with Crippen molar-refractivity contribution < 1.29 is 14.3 Å². The Morgan fingerprint density at radius 3 is 2.69 bits per heavy atom. The van der Waals surface area contributed by atoms with Crippen molar-refractivity contribution in [2.24, 2.45) is 0 Å². The van der Waals surface area contributed by atoms with Crippen LogP contribution in [0.1, 0.15) is 28.4 Å². The quantitative estimate of drug-likeness (QED) is 0.404. The maximum absolute atomic E-state index is 12.2. The van der Waals surface area contributed by atoms with Gasteiger partial charge in [-0.2, -0.15) is 0 Å². The number of thioether (sulfide) groups is 1. The molecule has 26 heavy (non-hydrogen) atoms. The number of anilines is 2. The number of carbonyl (C=O) groups excluding carboxylic acids is 2. The second-order valence-electron chi connectivity index (χ2n) is 5.35. The van der Waals surface area contributed by atoms with Gasteiger partial charge in [-0.25, -0.2) is 14.8 Å². The van der Waals surface area contributed by atoms with E-state index in [0.29, 0.717) is 5.16 Å². The SMILES string of the molecule is CCOC(=O)c1cnc(SCC(=O)Nc2ccc(Br)c(C)c2C)nc1N. The molecule has 0 saturated heterocycles. The van der Waals surface area contributed by atoms with Gasteiger partial charge in [0.2, 0.25) is 5.91 Å². The van der Waals surface area contributed by atoms with Gasteiger partial charge in [-0.3, -0.25) is 4.79 Å². The van der Waals surface area contributed by atoms with Gasteiger partial charge in [0.1, 0.15) is 11.4 Å². The van der Waals surface area contributed by atoms with Crippen molar-refractivity contribution in [2.75, 3.05) is 23.4 Å². The molecule has 1 heterocycles. The molecule has 0 bridgehead atoms. The standard InChI is InChI=1S/C17H19BrN4O3S/c1-4-25-16(24)11-7-20-17(22-15(11)19)26-8-14(23)21-13-6-5-12(18)9(2)10(13)3/h5-7H,4,8H2,1-3H3,(H,21,23)(H2,19,20,22). The van der Waals surface area contributed by atoms with Crippen LogP contribution in [0.2, 0.25) is 0 Å². The van der Waals surface area contributed by atoms with Crippen LogP contribution in [0.3, 0.4) is 0 Å². The van der Waals surface area contributed by atoms with E-state index in [4.69, 9.17) is 10.5 Å². The third-order valence-corrected chi connectivity index (χ3v) is 5.34. The summed E-state index contributed by atoms with van der Waals surface area (Å²) in [7, 11) is 0. The summed E-state index contributed by atoms with van der Waals surface area (Å²) in [6, 6.07) is 3.74. The minimum atomic E-state index is -0.569. The predicted octanol–water partition coefficient (Wildman–Crippen LogP) is 3.35. The number of rotatable bonds is 6. The van der Waals surface area contributed by atoms with Gasteiger partial charge in [0.25, 0.3) is 0 Å². The zero-order valence-electron chi connectivity index (χ0n) is 14.6. The number of nitrogens with zero attached hydrogens (tertiary/aromatic N) is 2. The van der Waals surface area contributed by atoms with E-state index in [1.165, 1.54) is 6.20 Å². The maximum Gasteiger partial charge on any atom is 0.343 e. The van der Waals surface area contributed by atoms with Crippen molar-refractivity contribution in [1.29, 1.82) is 0 Å². The molecule has 0 fully saturated rings. The van der Waals surface area contributed by atoms with Gasteiger partial charge in [0, 0.05) is 16.4 Å². The lowest BCUT2D eigenvalue weighted by Crippen LogP contribution is -2.16. The van der Waals surface area contributed by atoms with E-state index in [1.807, 2.05) is 26.0 Å². The van der Waals surface area contributed by atoms with Crippen molar-refractivity contribution in [1.82, 2.24) is 9.97 Å². The molecule has 2 rings (SSSR count). The van der Waals surface area contributed by atoms with Gasteiger partial charge in [-0.1, -0.05) is 27.7 Å². The number of benzene rings is 1. The molecule has 0 atom stereocenters. The van der Waals surface area contributed by atoms with Crippen LogP contribution in [0.5, 0.6) is 0 Å². The van der Waals surface area contributed by atoms with Gasteiger partial charge in [-0.15, -0.1) is 0 Å². The first-order chi connectivity index (χ1) is 12.3. The fourth-order valence-corrected chi connectivity index (χ4v) is 3.11. The second kappa shape index (κ2) is 9.00. The molecule has 3 N–H and O–H groups in total. The molecule has 0 aliphatic heterocycles. The Bertz CT molecular complexity index is 845. The number of hydrogen-bond acceptors (Lipinski definition) is 7. The smallest absolute Gasteiger partial charge is 0.343 e. The molecule has 1 amide bonds. The average molecular weight is 439 g/mol. The first kappa shape index (κ1) is 20.2. The fourth-order valence-electron chi connectivity index (χ4n) is 2.05. The van der Waals surface area contributed by atoms with E-state index in [2.05, 4.69) is 31.2 Å². The number of aromatic nitrogens is 2. The van der Waals surface area contributed by atoms with Gasteiger partial charge in [0.05, 0.1) is 12.4 Å². The van der Waals surface area contributed by atoms with Crippen LogP contribution >= 0.6 is 27.7 Å². The fraction of sp³-hybridized carbons (Fsp3) is 0.294. The first-order valence-corrected chi connectivity index (χ1v) is 9.59. The van der Waals surface area contributed by atoms with Crippen LogP contribution in [0, 0.1) is 13.8 Å². The minimum absolute atomic E-state index is 0.0285. The van der Waals surface area contributed by atoms with Crippen molar-refractivity contribution >= 4 is 51.1 Å². The van der Waals surface area contributed by atoms with Gasteiger partial charge in [0.15, 0.2) is 5.16 Å². The molecule has 7 nitrogen and oxygen atoms in total. The Hall–Kier alpha value is -2.13. The zero-order valence-corrected chi connectivity index (χ0v) is 17.0. The van der Waals surface area contributed by atoms with Crippen molar-refractivity contribution in [3.05, 3.63) is 39.5 Å². The molecule has 2 aromatic rings. The molecule has 0 spiro atoms. The molecule has 0 aliphatic rings. The molecule has 138 valence electrons. The zero-order chi connectivity index (χ0) is 19.3. The number of nitrogen functional groups attached to an aromatic ring is 1. The summed E-state index contributed by atoms with van der Waals surface area (Å²) in [6.07, 6.45) is 1.31. The Kier molecular flexibility index (Phi) is 6.98. The van der Waals surface area contributed by atoms with Crippen molar-refractivity contribution in [2.45, 2.75) is 25.9 Å². The highest BCUT2D eigenvalue weighted by atomic mass is 79.9. The van der Waals surface area contributed by atoms with E-state index in [0.717, 1.165) is 33.0 Å². The van der Waals surface area contributed by atoms with Crippen LogP contribution in [0.15, 0.2) is 28.0 Å². The second-order valence-corrected chi connectivity index (χ2v) is 7.15. The molecular weight excluding hydrogens is 420 g/mol. The third-order valence-electron chi connectivity index (χ3n) is 3.62. The number of ether oxygens (including phenoxy) is 1. The van der Waals surface area contributed by atoms with Crippen LogP contribution in [-0.4, -0.2) is 34.2 Å². The average Bonchev–Trinajstić information content (AvgIpc) is 2.60. The monoisotopic (exact) mass is 438 g/mol. The number of nitrogens with two attached hydrogens (primary N) is 1. The van der Waals surface area contributed by atoms with E-state index in [-0.39, 0.29) is 29.6 Å². The highest BCUT2D eigenvalue weighted by molar-refractivity contribution is 9.10. The highest BCUT2D eigenvalue weighted by Crippen LogP contribution is 2.26. The van der Waals surface area contributed by atoms with Crippen molar-refractivity contribution in [3.8, 4) is 0 Å². The Labute approximate surface area is 164 Å². The van der Waals surface area contributed by atoms with E-state index < -0.39 is 5.97 Å². The summed E-state index contributed by atoms with van der Waals surface area (Å²) in [5.74, 6) is -0.607. The largest absolute Gasteiger partial charge is 0.462 e. The maximum atomic E-state index is 12.2. The van der Waals surface area contributed by atoms with Gasteiger partial charge in [-0.05, 0) is 44.0 Å². The molecule has 0 saturated carbocycles. The summed E-state index contributed by atoms with van der Waals surface area (Å²) in [6.45, 7) is 5.86. The lowest BCUT2D eigenvalue weighted by atomic mass is 10.1. The molecule has 0 radical (unpaired) electrons. The minimum Gasteiger partial charge on any atom is -0.462 e. The first-order valence-electron chi connectivity index (χ1n) is 7.81. The highest BCUT2D eigenvalue weighted by Gasteiger charge is 2.15. The van der Waals surface area contributed by atoms with Crippen LogP contribution in [0.25, 0.3) is 0 Å². The Morgan fingerprint density at radius 1 is 1.31 bits per heavy atom.